The number of rotatable bonds is 6. The maximum absolute atomic E-state index is 5.69. The monoisotopic (exact) mass is 306 g/mol. The van der Waals surface area contributed by atoms with Gasteiger partial charge in [-0.05, 0) is 53.6 Å². The Hall–Kier alpha value is -1.04. The molecule has 1 N–H and O–H groups in total. The Labute approximate surface area is 134 Å². The first-order chi connectivity index (χ1) is 10.6. The van der Waals surface area contributed by atoms with Gasteiger partial charge in [0.05, 0.1) is 6.10 Å². The van der Waals surface area contributed by atoms with Gasteiger partial charge in [-0.1, -0.05) is 0 Å². The highest BCUT2D eigenvalue weighted by Gasteiger charge is 2.14. The van der Waals surface area contributed by atoms with E-state index in [1.165, 1.54) is 5.56 Å². The minimum atomic E-state index is 0.298. The molecule has 2 heterocycles. The summed E-state index contributed by atoms with van der Waals surface area (Å²) in [7, 11) is 0. The SMILES string of the molecule is Cc1ncc(C(C)NCCCN2CCCOC(C)C2)c(C)n1. The van der Waals surface area contributed by atoms with Crippen LogP contribution in [0.3, 0.4) is 0 Å². The Morgan fingerprint density at radius 1 is 1.45 bits per heavy atom. The van der Waals surface area contributed by atoms with Crippen LogP contribution in [0.1, 0.15) is 49.8 Å². The lowest BCUT2D eigenvalue weighted by Gasteiger charge is -2.22. The Kier molecular flexibility index (Phi) is 6.73. The molecule has 1 aliphatic heterocycles. The minimum Gasteiger partial charge on any atom is -0.377 e. The summed E-state index contributed by atoms with van der Waals surface area (Å²) in [6.07, 6.45) is 4.61. The fourth-order valence-corrected chi connectivity index (χ4v) is 3.03. The normalized spacial score (nSPS) is 21.5. The molecule has 0 aromatic carbocycles. The number of ether oxygens (including phenoxy) is 1. The highest BCUT2D eigenvalue weighted by atomic mass is 16.5. The summed E-state index contributed by atoms with van der Waals surface area (Å²) in [5.41, 5.74) is 2.27. The molecule has 22 heavy (non-hydrogen) atoms. The zero-order chi connectivity index (χ0) is 15.9. The van der Waals surface area contributed by atoms with Crippen molar-refractivity contribution in [2.24, 2.45) is 0 Å². The number of aryl methyl sites for hydroxylation is 2. The fourth-order valence-electron chi connectivity index (χ4n) is 3.03. The zero-order valence-electron chi connectivity index (χ0n) is 14.4. The smallest absolute Gasteiger partial charge is 0.125 e. The topological polar surface area (TPSA) is 50.3 Å². The van der Waals surface area contributed by atoms with Gasteiger partial charge in [0.2, 0.25) is 0 Å². The van der Waals surface area contributed by atoms with E-state index in [0.29, 0.717) is 12.1 Å². The molecule has 1 aromatic rings. The molecule has 2 rings (SSSR count). The Morgan fingerprint density at radius 3 is 3.05 bits per heavy atom. The van der Waals surface area contributed by atoms with Crippen molar-refractivity contribution in [2.45, 2.75) is 52.7 Å². The summed E-state index contributed by atoms with van der Waals surface area (Å²) >= 11 is 0. The standard InChI is InChI=1S/C17H30N4O/c1-13-12-21(9-6-10-22-13)8-5-7-18-14(2)17-11-19-16(4)20-15(17)3/h11,13-14,18H,5-10,12H2,1-4H3. The van der Waals surface area contributed by atoms with Crippen LogP contribution in [0.2, 0.25) is 0 Å². The second-order valence-electron chi connectivity index (χ2n) is 6.32. The summed E-state index contributed by atoms with van der Waals surface area (Å²) in [6.45, 7) is 13.6. The van der Waals surface area contributed by atoms with Crippen LogP contribution in [0, 0.1) is 13.8 Å². The molecule has 0 spiro atoms. The quantitative estimate of drug-likeness (QED) is 0.817. The Balaban J connectivity index is 1.71. The molecule has 2 unspecified atom stereocenters. The number of hydrogen-bond donors (Lipinski definition) is 1. The van der Waals surface area contributed by atoms with Crippen LogP contribution in [0.15, 0.2) is 6.20 Å². The largest absolute Gasteiger partial charge is 0.377 e. The highest BCUT2D eigenvalue weighted by Crippen LogP contribution is 2.14. The van der Waals surface area contributed by atoms with Crippen molar-refractivity contribution in [1.29, 1.82) is 0 Å². The molecule has 1 aromatic heterocycles. The van der Waals surface area contributed by atoms with Crippen molar-refractivity contribution in [3.8, 4) is 0 Å². The van der Waals surface area contributed by atoms with E-state index in [1.807, 2.05) is 13.1 Å². The lowest BCUT2D eigenvalue weighted by atomic mass is 10.1. The van der Waals surface area contributed by atoms with Crippen LogP contribution in [0.4, 0.5) is 0 Å². The summed E-state index contributed by atoms with van der Waals surface area (Å²) in [5.74, 6) is 0.839. The molecule has 0 bridgehead atoms. The average Bonchev–Trinajstić information content (AvgIpc) is 2.67. The average molecular weight is 306 g/mol. The maximum atomic E-state index is 5.69. The van der Waals surface area contributed by atoms with Gasteiger partial charge in [0.1, 0.15) is 5.82 Å². The minimum absolute atomic E-state index is 0.298. The van der Waals surface area contributed by atoms with Crippen LogP contribution in [0.25, 0.3) is 0 Å². The molecule has 124 valence electrons. The van der Waals surface area contributed by atoms with E-state index in [9.17, 15) is 0 Å². The van der Waals surface area contributed by atoms with E-state index in [1.54, 1.807) is 0 Å². The van der Waals surface area contributed by atoms with Crippen molar-refractivity contribution in [3.63, 3.8) is 0 Å². The van der Waals surface area contributed by atoms with Gasteiger partial charge in [-0.15, -0.1) is 0 Å². The van der Waals surface area contributed by atoms with E-state index in [-0.39, 0.29) is 0 Å². The van der Waals surface area contributed by atoms with Gasteiger partial charge in [0, 0.05) is 43.2 Å². The third-order valence-electron chi connectivity index (χ3n) is 4.24. The second kappa shape index (κ2) is 8.56. The van der Waals surface area contributed by atoms with Crippen molar-refractivity contribution < 1.29 is 4.74 Å². The van der Waals surface area contributed by atoms with Crippen LogP contribution >= 0.6 is 0 Å². The lowest BCUT2D eigenvalue weighted by molar-refractivity contribution is 0.0676. The van der Waals surface area contributed by atoms with Crippen molar-refractivity contribution in [1.82, 2.24) is 20.2 Å². The number of hydrogen-bond acceptors (Lipinski definition) is 5. The maximum Gasteiger partial charge on any atom is 0.125 e. The first-order valence-electron chi connectivity index (χ1n) is 8.43. The molecule has 1 fully saturated rings. The summed E-state index contributed by atoms with van der Waals surface area (Å²) < 4.78 is 5.69. The highest BCUT2D eigenvalue weighted by molar-refractivity contribution is 5.19. The summed E-state index contributed by atoms with van der Waals surface area (Å²) in [5, 5.41) is 3.59. The van der Waals surface area contributed by atoms with E-state index in [4.69, 9.17) is 4.74 Å². The van der Waals surface area contributed by atoms with Gasteiger partial charge in [-0.3, -0.25) is 0 Å². The Bertz CT molecular complexity index is 466. The lowest BCUT2D eigenvalue weighted by Crippen LogP contribution is -2.33. The third kappa shape index (κ3) is 5.30. The second-order valence-corrected chi connectivity index (χ2v) is 6.32. The predicted molar refractivity (Wildman–Crippen MR) is 89.0 cm³/mol. The molecule has 1 aliphatic rings. The van der Waals surface area contributed by atoms with Gasteiger partial charge in [0.15, 0.2) is 0 Å². The molecule has 1 saturated heterocycles. The van der Waals surface area contributed by atoms with Gasteiger partial charge in [-0.2, -0.15) is 0 Å². The molecule has 0 amide bonds. The van der Waals surface area contributed by atoms with Gasteiger partial charge in [0.25, 0.3) is 0 Å². The molecule has 0 aliphatic carbocycles. The molecule has 5 heteroatoms. The molecule has 0 saturated carbocycles. The van der Waals surface area contributed by atoms with E-state index in [0.717, 1.165) is 57.1 Å². The van der Waals surface area contributed by atoms with E-state index >= 15 is 0 Å². The number of aromatic nitrogens is 2. The van der Waals surface area contributed by atoms with Gasteiger partial charge >= 0.3 is 0 Å². The fraction of sp³-hybridized carbons (Fsp3) is 0.765. The Morgan fingerprint density at radius 2 is 2.27 bits per heavy atom. The molecule has 0 radical (unpaired) electrons. The van der Waals surface area contributed by atoms with Gasteiger partial charge in [-0.25, -0.2) is 9.97 Å². The van der Waals surface area contributed by atoms with Gasteiger partial charge < -0.3 is 15.0 Å². The summed E-state index contributed by atoms with van der Waals surface area (Å²) in [4.78, 5) is 11.3. The number of nitrogens with one attached hydrogen (secondary N) is 1. The molecular formula is C17H30N4O. The van der Waals surface area contributed by atoms with Crippen LogP contribution < -0.4 is 5.32 Å². The first-order valence-corrected chi connectivity index (χ1v) is 8.43. The third-order valence-corrected chi connectivity index (χ3v) is 4.24. The summed E-state index contributed by atoms with van der Waals surface area (Å²) in [6, 6.07) is 0.298. The number of nitrogens with zero attached hydrogens (tertiary/aromatic N) is 3. The zero-order valence-corrected chi connectivity index (χ0v) is 14.4. The van der Waals surface area contributed by atoms with E-state index in [2.05, 4.69) is 41.0 Å². The van der Waals surface area contributed by atoms with Crippen molar-refractivity contribution in [2.75, 3.05) is 32.8 Å². The van der Waals surface area contributed by atoms with Crippen molar-refractivity contribution >= 4 is 0 Å². The molecule has 5 nitrogen and oxygen atoms in total. The molecular weight excluding hydrogens is 276 g/mol. The van der Waals surface area contributed by atoms with E-state index < -0.39 is 0 Å². The predicted octanol–water partition coefficient (Wildman–Crippen LogP) is 2.24. The molecule has 2 atom stereocenters. The van der Waals surface area contributed by atoms with Crippen LogP contribution in [-0.2, 0) is 4.74 Å². The van der Waals surface area contributed by atoms with Crippen molar-refractivity contribution in [3.05, 3.63) is 23.3 Å². The first kappa shape index (κ1) is 17.3. The van der Waals surface area contributed by atoms with Crippen LogP contribution in [0.5, 0.6) is 0 Å². The van der Waals surface area contributed by atoms with Crippen LogP contribution in [-0.4, -0.2) is 53.8 Å².